The minimum absolute atomic E-state index is 0.136. The molecule has 0 amide bonds. The van der Waals surface area contributed by atoms with E-state index in [1.807, 2.05) is 0 Å². The fraction of sp³-hybridized carbons (Fsp3) is 0.267. The SMILES string of the molecule is Cc1cc(NS(=O)(=O)c2ccc(OCc3ncnn3C)cc2)n(C)n1. The van der Waals surface area contributed by atoms with Crippen molar-refractivity contribution in [2.75, 3.05) is 4.72 Å². The van der Waals surface area contributed by atoms with Crippen molar-refractivity contribution in [3.05, 3.63) is 48.2 Å². The van der Waals surface area contributed by atoms with Crippen LogP contribution in [0.1, 0.15) is 11.5 Å². The number of nitrogens with zero attached hydrogens (tertiary/aromatic N) is 5. The number of aromatic nitrogens is 5. The van der Waals surface area contributed by atoms with Gasteiger partial charge in [-0.1, -0.05) is 0 Å². The fourth-order valence-electron chi connectivity index (χ4n) is 2.22. The average Bonchev–Trinajstić information content (AvgIpc) is 3.10. The quantitative estimate of drug-likeness (QED) is 0.707. The Kier molecular flexibility index (Phi) is 4.45. The summed E-state index contributed by atoms with van der Waals surface area (Å²) < 4.78 is 36.1. The number of nitrogens with one attached hydrogen (secondary N) is 1. The van der Waals surface area contributed by atoms with Gasteiger partial charge >= 0.3 is 0 Å². The van der Waals surface area contributed by atoms with Gasteiger partial charge in [0, 0.05) is 20.2 Å². The zero-order valence-electron chi connectivity index (χ0n) is 14.0. The lowest BCUT2D eigenvalue weighted by Gasteiger charge is -2.09. The van der Waals surface area contributed by atoms with E-state index in [1.54, 1.807) is 43.9 Å². The Hall–Kier alpha value is -2.88. The van der Waals surface area contributed by atoms with Crippen molar-refractivity contribution in [2.24, 2.45) is 14.1 Å². The van der Waals surface area contributed by atoms with Crippen molar-refractivity contribution < 1.29 is 13.2 Å². The van der Waals surface area contributed by atoms with Gasteiger partial charge in [-0.15, -0.1) is 0 Å². The smallest absolute Gasteiger partial charge is 0.263 e. The first kappa shape index (κ1) is 17.0. The highest BCUT2D eigenvalue weighted by Crippen LogP contribution is 2.20. The Bertz CT molecular complexity index is 975. The van der Waals surface area contributed by atoms with Crippen LogP contribution in [0.4, 0.5) is 5.82 Å². The standard InChI is InChI=1S/C15H18N6O3S/c1-11-8-14(21(3)18-11)19-25(22,23)13-6-4-12(5-7-13)24-9-15-16-10-17-20(15)2/h4-8,10,19H,9H2,1-3H3. The summed E-state index contributed by atoms with van der Waals surface area (Å²) in [5, 5.41) is 8.07. The Morgan fingerprint density at radius 2 is 1.88 bits per heavy atom. The molecule has 2 aromatic heterocycles. The van der Waals surface area contributed by atoms with Crippen LogP contribution >= 0.6 is 0 Å². The van der Waals surface area contributed by atoms with Crippen LogP contribution < -0.4 is 9.46 Å². The third kappa shape index (κ3) is 3.79. The van der Waals surface area contributed by atoms with Gasteiger partial charge in [-0.2, -0.15) is 10.2 Å². The first-order valence-electron chi connectivity index (χ1n) is 7.44. The van der Waals surface area contributed by atoms with E-state index in [2.05, 4.69) is 19.9 Å². The lowest BCUT2D eigenvalue weighted by atomic mass is 10.3. The van der Waals surface area contributed by atoms with Gasteiger partial charge in [0.15, 0.2) is 5.82 Å². The van der Waals surface area contributed by atoms with Gasteiger partial charge in [0.1, 0.15) is 24.5 Å². The normalized spacial score (nSPS) is 11.5. The second kappa shape index (κ2) is 6.55. The molecule has 3 rings (SSSR count). The van der Waals surface area contributed by atoms with Crippen LogP contribution in [0.25, 0.3) is 0 Å². The molecule has 0 fully saturated rings. The molecular weight excluding hydrogens is 344 g/mol. The highest BCUT2D eigenvalue weighted by Gasteiger charge is 2.16. The van der Waals surface area contributed by atoms with Crippen LogP contribution in [-0.4, -0.2) is 33.0 Å². The van der Waals surface area contributed by atoms with E-state index in [4.69, 9.17) is 4.74 Å². The van der Waals surface area contributed by atoms with Crippen LogP contribution in [0.5, 0.6) is 5.75 Å². The number of hydrogen-bond acceptors (Lipinski definition) is 6. The Morgan fingerprint density at radius 1 is 1.16 bits per heavy atom. The molecule has 25 heavy (non-hydrogen) atoms. The van der Waals surface area contributed by atoms with E-state index in [-0.39, 0.29) is 11.5 Å². The summed E-state index contributed by atoms with van der Waals surface area (Å²) in [5.74, 6) is 1.61. The molecule has 0 aliphatic rings. The molecule has 0 saturated heterocycles. The highest BCUT2D eigenvalue weighted by atomic mass is 32.2. The van der Waals surface area contributed by atoms with E-state index < -0.39 is 10.0 Å². The van der Waals surface area contributed by atoms with Gasteiger partial charge in [-0.3, -0.25) is 14.1 Å². The number of sulfonamides is 1. The Morgan fingerprint density at radius 3 is 2.44 bits per heavy atom. The fourth-order valence-corrected chi connectivity index (χ4v) is 3.30. The maximum atomic E-state index is 12.4. The largest absolute Gasteiger partial charge is 0.486 e. The molecule has 0 aliphatic carbocycles. The van der Waals surface area contributed by atoms with Gasteiger partial charge in [-0.05, 0) is 31.2 Å². The lowest BCUT2D eigenvalue weighted by molar-refractivity contribution is 0.289. The first-order valence-corrected chi connectivity index (χ1v) is 8.93. The molecular formula is C15H18N6O3S. The minimum Gasteiger partial charge on any atom is -0.486 e. The lowest BCUT2D eigenvalue weighted by Crippen LogP contribution is -2.15. The van der Waals surface area contributed by atoms with Crippen molar-refractivity contribution in [2.45, 2.75) is 18.4 Å². The van der Waals surface area contributed by atoms with Gasteiger partial charge in [0.2, 0.25) is 0 Å². The number of rotatable bonds is 6. The number of ether oxygens (including phenoxy) is 1. The van der Waals surface area contributed by atoms with Crippen LogP contribution in [0.2, 0.25) is 0 Å². The van der Waals surface area contributed by atoms with Crippen molar-refractivity contribution in [1.82, 2.24) is 24.5 Å². The van der Waals surface area contributed by atoms with Crippen LogP contribution in [0.15, 0.2) is 41.6 Å². The number of hydrogen-bond donors (Lipinski definition) is 1. The van der Waals surface area contributed by atoms with E-state index in [9.17, 15) is 8.42 Å². The number of aryl methyl sites for hydroxylation is 3. The third-order valence-electron chi connectivity index (χ3n) is 3.55. The minimum atomic E-state index is -3.70. The molecule has 0 spiro atoms. The number of benzene rings is 1. The molecule has 0 atom stereocenters. The third-order valence-corrected chi connectivity index (χ3v) is 4.92. The summed E-state index contributed by atoms with van der Waals surface area (Å²) in [6.07, 6.45) is 1.44. The Labute approximate surface area is 145 Å². The predicted octanol–water partition coefficient (Wildman–Crippen LogP) is 1.24. The summed E-state index contributed by atoms with van der Waals surface area (Å²) in [5.41, 5.74) is 0.729. The monoisotopic (exact) mass is 362 g/mol. The van der Waals surface area contributed by atoms with Crippen molar-refractivity contribution >= 4 is 15.8 Å². The molecule has 10 heteroatoms. The molecule has 0 unspecified atom stereocenters. The maximum Gasteiger partial charge on any atom is 0.263 e. The maximum absolute atomic E-state index is 12.4. The molecule has 2 heterocycles. The van der Waals surface area contributed by atoms with Crippen LogP contribution in [0, 0.1) is 6.92 Å². The molecule has 0 radical (unpaired) electrons. The summed E-state index contributed by atoms with van der Waals surface area (Å²) >= 11 is 0. The second-order valence-electron chi connectivity index (χ2n) is 5.46. The highest BCUT2D eigenvalue weighted by molar-refractivity contribution is 7.92. The van der Waals surface area contributed by atoms with Gasteiger partial charge in [0.25, 0.3) is 10.0 Å². The summed E-state index contributed by atoms with van der Waals surface area (Å²) in [6.45, 7) is 2.04. The molecule has 3 aromatic rings. The van der Waals surface area contributed by atoms with Gasteiger partial charge in [0.05, 0.1) is 10.6 Å². The van der Waals surface area contributed by atoms with Crippen molar-refractivity contribution in [1.29, 1.82) is 0 Å². The van der Waals surface area contributed by atoms with Crippen molar-refractivity contribution in [3.8, 4) is 5.75 Å². The zero-order valence-corrected chi connectivity index (χ0v) is 14.9. The number of anilines is 1. The molecule has 1 N–H and O–H groups in total. The van der Waals surface area contributed by atoms with Crippen molar-refractivity contribution in [3.63, 3.8) is 0 Å². The molecule has 0 saturated carbocycles. The van der Waals surface area contributed by atoms with Crippen LogP contribution in [-0.2, 0) is 30.7 Å². The van der Waals surface area contributed by atoms with Crippen LogP contribution in [0.3, 0.4) is 0 Å². The summed E-state index contributed by atoms with van der Waals surface area (Å²) in [4.78, 5) is 4.19. The molecule has 0 aliphatic heterocycles. The van der Waals surface area contributed by atoms with Gasteiger partial charge in [-0.25, -0.2) is 13.4 Å². The van der Waals surface area contributed by atoms with E-state index in [0.717, 1.165) is 5.69 Å². The Balaban J connectivity index is 1.70. The summed E-state index contributed by atoms with van der Waals surface area (Å²) in [6, 6.07) is 7.82. The van der Waals surface area contributed by atoms with E-state index in [1.165, 1.54) is 23.1 Å². The molecule has 132 valence electrons. The van der Waals surface area contributed by atoms with Gasteiger partial charge < -0.3 is 4.74 Å². The predicted molar refractivity (Wildman–Crippen MR) is 90.5 cm³/mol. The topological polar surface area (TPSA) is 104 Å². The molecule has 0 bridgehead atoms. The zero-order chi connectivity index (χ0) is 18.0. The second-order valence-corrected chi connectivity index (χ2v) is 7.14. The molecule has 9 nitrogen and oxygen atoms in total. The summed E-state index contributed by atoms with van der Waals surface area (Å²) in [7, 11) is -0.251. The van der Waals surface area contributed by atoms with E-state index in [0.29, 0.717) is 17.4 Å². The van der Waals surface area contributed by atoms with E-state index >= 15 is 0 Å². The molecule has 1 aromatic carbocycles. The average molecular weight is 362 g/mol. The first-order chi connectivity index (χ1) is 11.8.